The monoisotopic (exact) mass is 314 g/mol. The first-order valence-electron chi connectivity index (χ1n) is 4.61. The van der Waals surface area contributed by atoms with Crippen molar-refractivity contribution in [2.24, 2.45) is 0 Å². The van der Waals surface area contributed by atoms with Crippen LogP contribution in [0.2, 0.25) is 0 Å². The van der Waals surface area contributed by atoms with Gasteiger partial charge in [-0.2, -0.15) is 9.97 Å². The lowest BCUT2D eigenvalue weighted by molar-refractivity contribution is 0.629. The molecule has 0 unspecified atom stereocenters. The fourth-order valence-electron chi connectivity index (χ4n) is 1.25. The first kappa shape index (κ1) is 12.3. The van der Waals surface area contributed by atoms with Crippen molar-refractivity contribution < 1.29 is 4.39 Å². The van der Waals surface area contributed by atoms with E-state index in [2.05, 4.69) is 30.9 Å². The lowest BCUT2D eigenvalue weighted by atomic mass is 10.2. The summed E-state index contributed by atoms with van der Waals surface area (Å²) in [4.78, 5) is 12.0. The van der Waals surface area contributed by atoms with Crippen LogP contribution < -0.4 is 5.73 Å². The van der Waals surface area contributed by atoms with E-state index >= 15 is 0 Å². The van der Waals surface area contributed by atoms with Crippen molar-refractivity contribution >= 4 is 33.6 Å². The standard InChI is InChI=1S/C10H8BrFN4S/c1-17-10-15-8(14-9(13)16-10)6-4-5(11)2-3-7(6)12/h2-4H,1H3,(H2,13,14,15,16). The van der Waals surface area contributed by atoms with Gasteiger partial charge in [-0.15, -0.1) is 0 Å². The molecule has 0 bridgehead atoms. The van der Waals surface area contributed by atoms with Gasteiger partial charge in [0.25, 0.3) is 0 Å². The molecule has 0 atom stereocenters. The Kier molecular flexibility index (Phi) is 3.58. The number of anilines is 1. The molecule has 0 aliphatic carbocycles. The molecular formula is C10H8BrFN4S. The summed E-state index contributed by atoms with van der Waals surface area (Å²) in [5.41, 5.74) is 5.85. The Balaban J connectivity index is 2.59. The number of nitrogen functional groups attached to an aromatic ring is 1. The average molecular weight is 315 g/mol. The van der Waals surface area contributed by atoms with Gasteiger partial charge in [0.15, 0.2) is 11.0 Å². The molecule has 1 aromatic carbocycles. The van der Waals surface area contributed by atoms with Crippen molar-refractivity contribution in [3.63, 3.8) is 0 Å². The molecule has 1 heterocycles. The second-order valence-electron chi connectivity index (χ2n) is 3.13. The third-order valence-corrected chi connectivity index (χ3v) is 3.03. The Bertz CT molecular complexity index is 564. The van der Waals surface area contributed by atoms with Gasteiger partial charge in [-0.25, -0.2) is 9.37 Å². The van der Waals surface area contributed by atoms with E-state index in [4.69, 9.17) is 5.73 Å². The average Bonchev–Trinajstić information content (AvgIpc) is 2.31. The van der Waals surface area contributed by atoms with Crippen molar-refractivity contribution in [3.05, 3.63) is 28.5 Å². The molecule has 1 aromatic heterocycles. The first-order valence-corrected chi connectivity index (χ1v) is 6.63. The summed E-state index contributed by atoms with van der Waals surface area (Å²) in [6.45, 7) is 0. The Morgan fingerprint density at radius 1 is 1.29 bits per heavy atom. The summed E-state index contributed by atoms with van der Waals surface area (Å²) < 4.78 is 14.4. The van der Waals surface area contributed by atoms with Crippen LogP contribution in [0.15, 0.2) is 27.8 Å². The molecule has 0 saturated heterocycles. The molecule has 0 saturated carbocycles. The minimum atomic E-state index is -0.397. The van der Waals surface area contributed by atoms with Crippen molar-refractivity contribution in [1.82, 2.24) is 15.0 Å². The fourth-order valence-corrected chi connectivity index (χ4v) is 1.98. The lowest BCUT2D eigenvalue weighted by Gasteiger charge is -2.04. The van der Waals surface area contributed by atoms with Crippen LogP contribution in [-0.2, 0) is 0 Å². The van der Waals surface area contributed by atoms with Crippen molar-refractivity contribution in [3.8, 4) is 11.4 Å². The zero-order valence-corrected chi connectivity index (χ0v) is 11.2. The second-order valence-corrected chi connectivity index (χ2v) is 4.82. The molecule has 4 nitrogen and oxygen atoms in total. The van der Waals surface area contributed by atoms with Crippen LogP contribution in [0.4, 0.5) is 10.3 Å². The van der Waals surface area contributed by atoms with Crippen LogP contribution >= 0.6 is 27.7 Å². The van der Waals surface area contributed by atoms with Crippen molar-refractivity contribution in [2.75, 3.05) is 12.0 Å². The summed E-state index contributed by atoms with van der Waals surface area (Å²) in [5, 5.41) is 0.465. The summed E-state index contributed by atoms with van der Waals surface area (Å²) in [6, 6.07) is 4.56. The van der Waals surface area contributed by atoms with Gasteiger partial charge in [0.05, 0.1) is 5.56 Å². The molecule has 0 radical (unpaired) electrons. The third-order valence-electron chi connectivity index (χ3n) is 1.98. The molecular weight excluding hydrogens is 307 g/mol. The van der Waals surface area contributed by atoms with Gasteiger partial charge in [-0.3, -0.25) is 0 Å². The number of hydrogen-bond donors (Lipinski definition) is 1. The maximum Gasteiger partial charge on any atom is 0.224 e. The zero-order chi connectivity index (χ0) is 12.4. The van der Waals surface area contributed by atoms with Gasteiger partial charge in [-0.05, 0) is 24.5 Å². The molecule has 17 heavy (non-hydrogen) atoms. The van der Waals surface area contributed by atoms with E-state index in [0.29, 0.717) is 10.7 Å². The summed E-state index contributed by atoms with van der Waals surface area (Å²) in [6.07, 6.45) is 1.82. The molecule has 0 amide bonds. The summed E-state index contributed by atoms with van der Waals surface area (Å²) >= 11 is 4.60. The second kappa shape index (κ2) is 4.97. The molecule has 2 N–H and O–H groups in total. The minimum absolute atomic E-state index is 0.0822. The summed E-state index contributed by atoms with van der Waals surface area (Å²) in [5.74, 6) is -0.0785. The maximum atomic E-state index is 13.7. The van der Waals surface area contributed by atoms with Gasteiger partial charge >= 0.3 is 0 Å². The number of rotatable bonds is 2. The molecule has 0 spiro atoms. The van der Waals surface area contributed by atoms with Crippen molar-refractivity contribution in [1.29, 1.82) is 0 Å². The van der Waals surface area contributed by atoms with E-state index in [9.17, 15) is 4.39 Å². The number of halogens is 2. The number of nitrogens with two attached hydrogens (primary N) is 1. The number of aromatic nitrogens is 3. The number of thioether (sulfide) groups is 1. The summed E-state index contributed by atoms with van der Waals surface area (Å²) in [7, 11) is 0. The van der Waals surface area contributed by atoms with Crippen LogP contribution in [0.3, 0.4) is 0 Å². The highest BCUT2D eigenvalue weighted by molar-refractivity contribution is 9.10. The molecule has 88 valence electrons. The van der Waals surface area contributed by atoms with Crippen LogP contribution in [0, 0.1) is 5.82 Å². The largest absolute Gasteiger partial charge is 0.368 e. The molecule has 2 aromatic rings. The highest BCUT2D eigenvalue weighted by atomic mass is 79.9. The Labute approximate surface area is 110 Å². The van der Waals surface area contributed by atoms with E-state index in [0.717, 1.165) is 4.47 Å². The number of hydrogen-bond acceptors (Lipinski definition) is 5. The molecule has 7 heteroatoms. The fraction of sp³-hybridized carbons (Fsp3) is 0.100. The number of benzene rings is 1. The van der Waals surface area contributed by atoms with Gasteiger partial charge in [0.2, 0.25) is 5.95 Å². The van der Waals surface area contributed by atoms with Crippen LogP contribution in [0.25, 0.3) is 11.4 Å². The normalized spacial score (nSPS) is 10.5. The predicted molar refractivity (Wildman–Crippen MR) is 69.1 cm³/mol. The molecule has 2 rings (SSSR count). The van der Waals surface area contributed by atoms with Crippen LogP contribution in [0.1, 0.15) is 0 Å². The van der Waals surface area contributed by atoms with Gasteiger partial charge in [-0.1, -0.05) is 27.7 Å². The first-order chi connectivity index (χ1) is 8.10. The highest BCUT2D eigenvalue weighted by Crippen LogP contribution is 2.25. The Hall–Kier alpha value is -1.21. The quantitative estimate of drug-likeness (QED) is 0.863. The predicted octanol–water partition coefficient (Wildman–Crippen LogP) is 2.74. The van der Waals surface area contributed by atoms with Gasteiger partial charge in [0.1, 0.15) is 5.82 Å². The zero-order valence-electron chi connectivity index (χ0n) is 8.82. The number of nitrogens with zero attached hydrogens (tertiary/aromatic N) is 3. The highest BCUT2D eigenvalue weighted by Gasteiger charge is 2.11. The molecule has 0 aliphatic heterocycles. The Morgan fingerprint density at radius 2 is 2.06 bits per heavy atom. The van der Waals surface area contributed by atoms with E-state index < -0.39 is 5.82 Å². The Morgan fingerprint density at radius 3 is 2.76 bits per heavy atom. The molecule has 0 fully saturated rings. The van der Waals surface area contributed by atoms with E-state index in [-0.39, 0.29) is 11.8 Å². The van der Waals surface area contributed by atoms with E-state index in [1.165, 1.54) is 17.8 Å². The van der Waals surface area contributed by atoms with Gasteiger partial charge < -0.3 is 5.73 Å². The van der Waals surface area contributed by atoms with Crippen molar-refractivity contribution in [2.45, 2.75) is 5.16 Å². The van der Waals surface area contributed by atoms with Gasteiger partial charge in [0, 0.05) is 4.47 Å². The molecule has 0 aliphatic rings. The topological polar surface area (TPSA) is 64.7 Å². The van der Waals surface area contributed by atoms with E-state index in [1.54, 1.807) is 12.1 Å². The SMILES string of the molecule is CSc1nc(N)nc(-c2cc(Br)ccc2F)n1. The maximum absolute atomic E-state index is 13.7. The lowest BCUT2D eigenvalue weighted by Crippen LogP contribution is -2.02. The van der Waals surface area contributed by atoms with Crippen LogP contribution in [-0.4, -0.2) is 21.2 Å². The minimum Gasteiger partial charge on any atom is -0.368 e. The van der Waals surface area contributed by atoms with E-state index in [1.807, 2.05) is 6.26 Å². The smallest absolute Gasteiger partial charge is 0.224 e. The third kappa shape index (κ3) is 2.73. The van der Waals surface area contributed by atoms with Crippen LogP contribution in [0.5, 0.6) is 0 Å².